The Morgan fingerprint density at radius 1 is 1.12 bits per heavy atom. The highest BCUT2D eigenvalue weighted by molar-refractivity contribution is 6.19. The summed E-state index contributed by atoms with van der Waals surface area (Å²) in [5.74, 6) is -0.500. The third-order valence-electron chi connectivity index (χ3n) is 5.63. The first kappa shape index (κ1) is 21.3. The summed E-state index contributed by atoms with van der Waals surface area (Å²) in [6.07, 6.45) is 5.56. The Morgan fingerprint density at radius 3 is 2.71 bits per heavy atom. The number of amides is 1. The molecule has 0 aliphatic carbocycles. The number of nitrogens with zero attached hydrogens (tertiary/aromatic N) is 2. The summed E-state index contributed by atoms with van der Waals surface area (Å²) in [4.78, 5) is 36.0. The molecule has 3 aromatic heterocycles. The van der Waals surface area contributed by atoms with Gasteiger partial charge >= 0.3 is 0 Å². The number of ketones is 1. The zero-order chi connectivity index (χ0) is 23.7. The van der Waals surface area contributed by atoms with Crippen LogP contribution in [0.2, 0.25) is 0 Å². The van der Waals surface area contributed by atoms with E-state index in [1.54, 1.807) is 56.0 Å². The number of H-pyrrole nitrogens is 2. The van der Waals surface area contributed by atoms with Gasteiger partial charge in [0.15, 0.2) is 0 Å². The maximum absolute atomic E-state index is 13.5. The second kappa shape index (κ2) is 8.78. The molecule has 0 spiro atoms. The molecule has 170 valence electrons. The number of carbonyl (C=O) groups is 2. The molecule has 0 aliphatic rings. The zero-order valence-corrected chi connectivity index (χ0v) is 18.2. The van der Waals surface area contributed by atoms with Gasteiger partial charge in [0, 0.05) is 58.6 Å². The van der Waals surface area contributed by atoms with E-state index in [9.17, 15) is 14.0 Å². The molecule has 34 heavy (non-hydrogen) atoms. The first-order valence-corrected chi connectivity index (χ1v) is 10.6. The number of imidazole rings is 1. The average molecular weight is 457 g/mol. The van der Waals surface area contributed by atoms with E-state index in [1.165, 1.54) is 12.1 Å². The summed E-state index contributed by atoms with van der Waals surface area (Å²) in [5.41, 5.74) is 3.74. The normalized spacial score (nSPS) is 11.1. The number of hydrogen-bond acceptors (Lipinski definition) is 5. The Hall–Kier alpha value is -4.53. The van der Waals surface area contributed by atoms with Crippen molar-refractivity contribution < 1.29 is 18.5 Å². The number of fused-ring (bicyclic) bond motifs is 1. The summed E-state index contributed by atoms with van der Waals surface area (Å²) in [6.45, 7) is 2.13. The second-order valence-electron chi connectivity index (χ2n) is 7.84. The molecule has 2 aromatic carbocycles. The minimum absolute atomic E-state index is 0.211. The van der Waals surface area contributed by atoms with Gasteiger partial charge in [-0.1, -0.05) is 11.2 Å². The lowest BCUT2D eigenvalue weighted by molar-refractivity contribution is 0.0953. The lowest BCUT2D eigenvalue weighted by Gasteiger charge is -2.05. The highest BCUT2D eigenvalue weighted by Crippen LogP contribution is 2.30. The number of halogens is 1. The van der Waals surface area contributed by atoms with Crippen LogP contribution in [-0.4, -0.2) is 38.3 Å². The minimum atomic E-state index is -0.380. The van der Waals surface area contributed by atoms with Crippen LogP contribution in [0.5, 0.6) is 0 Å². The van der Waals surface area contributed by atoms with E-state index in [1.807, 2.05) is 0 Å². The van der Waals surface area contributed by atoms with Crippen molar-refractivity contribution in [3.8, 4) is 11.3 Å². The van der Waals surface area contributed by atoms with Crippen molar-refractivity contribution in [3.05, 3.63) is 95.1 Å². The minimum Gasteiger partial charge on any atom is -0.360 e. The summed E-state index contributed by atoms with van der Waals surface area (Å²) in [7, 11) is 0. The van der Waals surface area contributed by atoms with E-state index in [4.69, 9.17) is 4.52 Å². The SMILES string of the molecule is Cc1onc(-c2ccc(F)cc2)c1C(=O)c1c[nH]c2cc(C(=O)NCCc3cnc[nH]3)ccc12. The van der Waals surface area contributed by atoms with Gasteiger partial charge in [-0.15, -0.1) is 0 Å². The molecule has 0 bridgehead atoms. The maximum Gasteiger partial charge on any atom is 0.251 e. The van der Waals surface area contributed by atoms with Gasteiger partial charge in [-0.25, -0.2) is 9.37 Å². The Bertz CT molecular complexity index is 1480. The van der Waals surface area contributed by atoms with Crippen molar-refractivity contribution in [3.63, 3.8) is 0 Å². The molecular formula is C25H20FN5O3. The van der Waals surface area contributed by atoms with E-state index in [-0.39, 0.29) is 17.5 Å². The third-order valence-corrected chi connectivity index (χ3v) is 5.63. The molecule has 0 atom stereocenters. The molecule has 1 amide bonds. The van der Waals surface area contributed by atoms with Crippen molar-refractivity contribution in [1.29, 1.82) is 0 Å². The Labute approximate surface area is 193 Å². The highest BCUT2D eigenvalue weighted by Gasteiger charge is 2.25. The quantitative estimate of drug-likeness (QED) is 0.317. The number of nitrogens with one attached hydrogen (secondary N) is 3. The van der Waals surface area contributed by atoms with Crippen LogP contribution in [0.4, 0.5) is 4.39 Å². The second-order valence-corrected chi connectivity index (χ2v) is 7.84. The summed E-state index contributed by atoms with van der Waals surface area (Å²) >= 11 is 0. The first-order chi connectivity index (χ1) is 16.5. The van der Waals surface area contributed by atoms with Crippen molar-refractivity contribution in [2.24, 2.45) is 0 Å². The van der Waals surface area contributed by atoms with Gasteiger partial charge in [-0.3, -0.25) is 9.59 Å². The predicted octanol–water partition coefficient (Wildman–Crippen LogP) is 4.20. The number of aryl methyl sites for hydroxylation is 1. The molecule has 3 N–H and O–H groups in total. The van der Waals surface area contributed by atoms with Gasteiger partial charge in [0.25, 0.3) is 5.91 Å². The molecule has 5 aromatic rings. The van der Waals surface area contributed by atoms with E-state index >= 15 is 0 Å². The smallest absolute Gasteiger partial charge is 0.251 e. The van der Waals surface area contributed by atoms with Gasteiger partial charge < -0.3 is 19.8 Å². The van der Waals surface area contributed by atoms with Crippen LogP contribution in [0.15, 0.2) is 65.7 Å². The van der Waals surface area contributed by atoms with Crippen LogP contribution >= 0.6 is 0 Å². The molecule has 0 aliphatic heterocycles. The molecule has 3 heterocycles. The fourth-order valence-corrected chi connectivity index (χ4v) is 3.87. The topological polar surface area (TPSA) is 117 Å². The van der Waals surface area contributed by atoms with E-state index < -0.39 is 0 Å². The standard InChI is InChI=1S/C25H20FN5O3/c1-14-22(23(31-34-14)15-2-5-17(26)6-3-15)24(32)20-12-29-21-10-16(4-7-19(20)21)25(33)28-9-8-18-11-27-13-30-18/h2-7,10-13,29H,8-9H2,1H3,(H,27,30)(H,28,33). The van der Waals surface area contributed by atoms with E-state index in [0.29, 0.717) is 57.6 Å². The highest BCUT2D eigenvalue weighted by atomic mass is 19.1. The monoisotopic (exact) mass is 457 g/mol. The summed E-state index contributed by atoms with van der Waals surface area (Å²) in [5, 5.41) is 7.57. The Morgan fingerprint density at radius 2 is 1.94 bits per heavy atom. The molecule has 0 fully saturated rings. The molecule has 5 rings (SSSR count). The van der Waals surface area contributed by atoms with Gasteiger partial charge in [-0.05, 0) is 43.3 Å². The lowest BCUT2D eigenvalue weighted by Crippen LogP contribution is -2.25. The fraction of sp³-hybridized carbons (Fsp3) is 0.120. The third kappa shape index (κ3) is 3.99. The molecule has 0 radical (unpaired) electrons. The number of rotatable bonds is 7. The van der Waals surface area contributed by atoms with Gasteiger partial charge in [-0.2, -0.15) is 0 Å². The van der Waals surface area contributed by atoms with Gasteiger partial charge in [0.2, 0.25) is 5.78 Å². The largest absolute Gasteiger partial charge is 0.360 e. The molecule has 0 saturated carbocycles. The van der Waals surface area contributed by atoms with Crippen molar-refractivity contribution in [2.45, 2.75) is 13.3 Å². The summed E-state index contributed by atoms with van der Waals surface area (Å²) < 4.78 is 18.6. The van der Waals surface area contributed by atoms with Crippen LogP contribution in [-0.2, 0) is 6.42 Å². The van der Waals surface area contributed by atoms with Crippen LogP contribution in [0.25, 0.3) is 22.2 Å². The molecule has 8 nitrogen and oxygen atoms in total. The van der Waals surface area contributed by atoms with Crippen molar-refractivity contribution >= 4 is 22.6 Å². The average Bonchev–Trinajstić information content (AvgIpc) is 3.59. The first-order valence-electron chi connectivity index (χ1n) is 10.6. The van der Waals surface area contributed by atoms with Crippen LogP contribution in [0.1, 0.15) is 37.7 Å². The Balaban J connectivity index is 1.39. The number of aromatic nitrogens is 4. The number of carbonyl (C=O) groups excluding carboxylic acids is 2. The van der Waals surface area contributed by atoms with Gasteiger partial charge in [0.05, 0.1) is 11.9 Å². The molecular weight excluding hydrogens is 437 g/mol. The zero-order valence-electron chi connectivity index (χ0n) is 18.2. The number of benzene rings is 2. The van der Waals surface area contributed by atoms with Crippen LogP contribution < -0.4 is 5.32 Å². The number of hydrogen-bond donors (Lipinski definition) is 3. The van der Waals surface area contributed by atoms with E-state index in [2.05, 4.69) is 25.4 Å². The molecule has 0 saturated heterocycles. The Kier molecular flexibility index (Phi) is 5.51. The molecule has 9 heteroatoms. The predicted molar refractivity (Wildman–Crippen MR) is 123 cm³/mol. The fourth-order valence-electron chi connectivity index (χ4n) is 3.87. The van der Waals surface area contributed by atoms with Crippen molar-refractivity contribution in [2.75, 3.05) is 6.54 Å². The summed E-state index contributed by atoms with van der Waals surface area (Å²) in [6, 6.07) is 10.8. The van der Waals surface area contributed by atoms with E-state index in [0.717, 1.165) is 5.69 Å². The van der Waals surface area contributed by atoms with Crippen LogP contribution in [0, 0.1) is 12.7 Å². The molecule has 0 unspecified atom stereocenters. The number of aromatic amines is 2. The van der Waals surface area contributed by atoms with Crippen molar-refractivity contribution in [1.82, 2.24) is 25.4 Å². The van der Waals surface area contributed by atoms with Crippen LogP contribution in [0.3, 0.4) is 0 Å². The maximum atomic E-state index is 13.5. The van der Waals surface area contributed by atoms with Gasteiger partial charge in [0.1, 0.15) is 17.3 Å². The lowest BCUT2D eigenvalue weighted by atomic mass is 9.97.